The minimum Gasteiger partial charge on any atom is -0.481 e. The first-order valence-electron chi connectivity index (χ1n) is 6.37. The third-order valence-electron chi connectivity index (χ3n) is 3.38. The van der Waals surface area contributed by atoms with Gasteiger partial charge in [0, 0.05) is 31.4 Å². The van der Waals surface area contributed by atoms with Crippen molar-refractivity contribution in [1.29, 1.82) is 0 Å². The quantitative estimate of drug-likeness (QED) is 0.855. The van der Waals surface area contributed by atoms with E-state index in [1.165, 1.54) is 5.56 Å². The summed E-state index contributed by atoms with van der Waals surface area (Å²) in [6, 6.07) is 8.56. The van der Waals surface area contributed by atoms with Gasteiger partial charge in [0.05, 0.1) is 5.92 Å². The normalized spacial score (nSPS) is 21.0. The Morgan fingerprint density at radius 3 is 3.00 bits per heavy atom. The average Bonchev–Trinajstić information content (AvgIpc) is 2.50. The zero-order valence-corrected chi connectivity index (χ0v) is 10.9. The second kappa shape index (κ2) is 5.40. The molecule has 1 aliphatic rings. The zero-order chi connectivity index (χ0) is 13.1. The zero-order valence-electron chi connectivity index (χ0n) is 10.9. The summed E-state index contributed by atoms with van der Waals surface area (Å²) < 4.78 is 0. The SMILES string of the molecule is CC1CN(CC(C)C(=O)O)c2ccccc2CN1. The highest BCUT2D eigenvalue weighted by molar-refractivity contribution is 5.70. The molecule has 0 radical (unpaired) electrons. The molecule has 0 bridgehead atoms. The van der Waals surface area contributed by atoms with Crippen molar-refractivity contribution in [3.8, 4) is 0 Å². The third kappa shape index (κ3) is 2.82. The van der Waals surface area contributed by atoms with Crippen LogP contribution in [0.4, 0.5) is 5.69 Å². The largest absolute Gasteiger partial charge is 0.481 e. The van der Waals surface area contributed by atoms with E-state index in [-0.39, 0.29) is 5.92 Å². The molecular formula is C14H20N2O2. The van der Waals surface area contributed by atoms with Crippen LogP contribution in [0.15, 0.2) is 24.3 Å². The fraction of sp³-hybridized carbons (Fsp3) is 0.500. The van der Waals surface area contributed by atoms with Crippen molar-refractivity contribution in [2.24, 2.45) is 5.92 Å². The number of anilines is 1. The van der Waals surface area contributed by atoms with Crippen LogP contribution in [0, 0.1) is 5.92 Å². The van der Waals surface area contributed by atoms with Crippen LogP contribution in [0.3, 0.4) is 0 Å². The van der Waals surface area contributed by atoms with Crippen molar-refractivity contribution in [3.63, 3.8) is 0 Å². The molecular weight excluding hydrogens is 228 g/mol. The van der Waals surface area contributed by atoms with E-state index in [0.717, 1.165) is 18.8 Å². The van der Waals surface area contributed by atoms with Crippen LogP contribution in [0.2, 0.25) is 0 Å². The Morgan fingerprint density at radius 2 is 2.28 bits per heavy atom. The van der Waals surface area contributed by atoms with Crippen molar-refractivity contribution in [3.05, 3.63) is 29.8 Å². The molecule has 0 amide bonds. The maximum absolute atomic E-state index is 11.0. The van der Waals surface area contributed by atoms with Crippen LogP contribution in [-0.4, -0.2) is 30.2 Å². The van der Waals surface area contributed by atoms with Gasteiger partial charge >= 0.3 is 5.97 Å². The summed E-state index contributed by atoms with van der Waals surface area (Å²) in [5.74, 6) is -1.10. The Hall–Kier alpha value is -1.55. The second-order valence-electron chi connectivity index (χ2n) is 5.05. The number of aliphatic carboxylic acids is 1. The Kier molecular flexibility index (Phi) is 3.87. The number of nitrogens with one attached hydrogen (secondary N) is 1. The maximum Gasteiger partial charge on any atom is 0.308 e. The van der Waals surface area contributed by atoms with E-state index in [4.69, 9.17) is 5.11 Å². The topological polar surface area (TPSA) is 52.6 Å². The molecule has 18 heavy (non-hydrogen) atoms. The van der Waals surface area contributed by atoms with E-state index in [2.05, 4.69) is 29.3 Å². The molecule has 0 aliphatic carbocycles. The van der Waals surface area contributed by atoms with E-state index >= 15 is 0 Å². The lowest BCUT2D eigenvalue weighted by atomic mass is 10.1. The fourth-order valence-corrected chi connectivity index (χ4v) is 2.33. The van der Waals surface area contributed by atoms with Crippen molar-refractivity contribution >= 4 is 11.7 Å². The molecule has 0 fully saturated rings. The number of nitrogens with zero attached hydrogens (tertiary/aromatic N) is 1. The van der Waals surface area contributed by atoms with Crippen LogP contribution in [0.5, 0.6) is 0 Å². The van der Waals surface area contributed by atoms with Gasteiger partial charge in [0.15, 0.2) is 0 Å². The van der Waals surface area contributed by atoms with Crippen LogP contribution in [0.25, 0.3) is 0 Å². The van der Waals surface area contributed by atoms with Crippen LogP contribution in [-0.2, 0) is 11.3 Å². The van der Waals surface area contributed by atoms with Crippen molar-refractivity contribution in [2.75, 3.05) is 18.0 Å². The van der Waals surface area contributed by atoms with Crippen molar-refractivity contribution in [1.82, 2.24) is 5.32 Å². The van der Waals surface area contributed by atoms with Gasteiger partial charge in [0.25, 0.3) is 0 Å². The lowest BCUT2D eigenvalue weighted by molar-refractivity contribution is -0.140. The van der Waals surface area contributed by atoms with Gasteiger partial charge < -0.3 is 15.3 Å². The lowest BCUT2D eigenvalue weighted by Gasteiger charge is -2.28. The lowest BCUT2D eigenvalue weighted by Crippen LogP contribution is -2.39. The van der Waals surface area contributed by atoms with Gasteiger partial charge in [0.1, 0.15) is 0 Å². The molecule has 1 heterocycles. The number of hydrogen-bond donors (Lipinski definition) is 2. The molecule has 4 heteroatoms. The Labute approximate surface area is 108 Å². The second-order valence-corrected chi connectivity index (χ2v) is 5.05. The van der Waals surface area contributed by atoms with E-state index in [1.807, 2.05) is 12.1 Å². The first-order chi connectivity index (χ1) is 8.58. The Bertz CT molecular complexity index is 434. The molecule has 2 atom stereocenters. The minimum atomic E-state index is -0.739. The number of rotatable bonds is 3. The van der Waals surface area contributed by atoms with E-state index in [1.54, 1.807) is 6.92 Å². The standard InChI is InChI=1S/C14H20N2O2/c1-10(14(17)18)8-16-9-11(2)15-7-12-5-3-4-6-13(12)16/h3-6,10-11,15H,7-9H2,1-2H3,(H,17,18). The highest BCUT2D eigenvalue weighted by atomic mass is 16.4. The first kappa shape index (κ1) is 12.9. The van der Waals surface area contributed by atoms with E-state index in [9.17, 15) is 4.79 Å². The predicted octanol–water partition coefficient (Wildman–Crippen LogP) is 1.71. The number of carboxylic acids is 1. The molecule has 0 saturated carbocycles. The number of fused-ring (bicyclic) bond motifs is 1. The summed E-state index contributed by atoms with van der Waals surface area (Å²) in [6.45, 7) is 6.13. The molecule has 0 aromatic heterocycles. The van der Waals surface area contributed by atoms with E-state index in [0.29, 0.717) is 12.6 Å². The van der Waals surface area contributed by atoms with E-state index < -0.39 is 5.97 Å². The van der Waals surface area contributed by atoms with Crippen LogP contribution < -0.4 is 10.2 Å². The van der Waals surface area contributed by atoms with Gasteiger partial charge in [-0.05, 0) is 18.6 Å². The van der Waals surface area contributed by atoms with Gasteiger partial charge in [-0.25, -0.2) is 0 Å². The number of hydrogen-bond acceptors (Lipinski definition) is 3. The summed E-state index contributed by atoms with van der Waals surface area (Å²) in [6.07, 6.45) is 0. The highest BCUT2D eigenvalue weighted by Gasteiger charge is 2.22. The van der Waals surface area contributed by atoms with Gasteiger partial charge in [-0.2, -0.15) is 0 Å². The Morgan fingerprint density at radius 1 is 1.56 bits per heavy atom. The molecule has 2 rings (SSSR count). The molecule has 1 aromatic rings. The molecule has 1 aliphatic heterocycles. The third-order valence-corrected chi connectivity index (χ3v) is 3.38. The molecule has 0 saturated heterocycles. The van der Waals surface area contributed by atoms with Gasteiger partial charge in [-0.1, -0.05) is 25.1 Å². The summed E-state index contributed by atoms with van der Waals surface area (Å²) in [4.78, 5) is 13.2. The summed E-state index contributed by atoms with van der Waals surface area (Å²) in [5.41, 5.74) is 2.39. The Balaban J connectivity index is 2.24. The maximum atomic E-state index is 11.0. The van der Waals surface area contributed by atoms with Crippen molar-refractivity contribution in [2.45, 2.75) is 26.4 Å². The minimum absolute atomic E-state index is 0.358. The van der Waals surface area contributed by atoms with Crippen LogP contribution >= 0.6 is 0 Å². The first-order valence-corrected chi connectivity index (χ1v) is 6.37. The van der Waals surface area contributed by atoms with Gasteiger partial charge in [0.2, 0.25) is 0 Å². The molecule has 2 N–H and O–H groups in total. The molecule has 1 aromatic carbocycles. The number of benzene rings is 1. The smallest absolute Gasteiger partial charge is 0.308 e. The highest BCUT2D eigenvalue weighted by Crippen LogP contribution is 2.24. The molecule has 4 nitrogen and oxygen atoms in total. The number of para-hydroxylation sites is 1. The molecule has 0 spiro atoms. The van der Waals surface area contributed by atoms with Crippen LogP contribution in [0.1, 0.15) is 19.4 Å². The predicted molar refractivity (Wildman–Crippen MR) is 71.8 cm³/mol. The van der Waals surface area contributed by atoms with Gasteiger partial charge in [-0.15, -0.1) is 0 Å². The molecule has 98 valence electrons. The van der Waals surface area contributed by atoms with Gasteiger partial charge in [-0.3, -0.25) is 4.79 Å². The molecule has 2 unspecified atom stereocenters. The summed E-state index contributed by atoms with van der Waals surface area (Å²) in [5, 5.41) is 12.5. The summed E-state index contributed by atoms with van der Waals surface area (Å²) >= 11 is 0. The summed E-state index contributed by atoms with van der Waals surface area (Å²) in [7, 11) is 0. The number of carbonyl (C=O) groups is 1. The fourth-order valence-electron chi connectivity index (χ4n) is 2.33. The average molecular weight is 248 g/mol. The number of carboxylic acid groups (broad SMARTS) is 1. The monoisotopic (exact) mass is 248 g/mol. The van der Waals surface area contributed by atoms with Crippen molar-refractivity contribution < 1.29 is 9.90 Å².